The highest BCUT2D eigenvalue weighted by molar-refractivity contribution is 5.76. The van der Waals surface area contributed by atoms with Gasteiger partial charge in [-0.25, -0.2) is 0 Å². The van der Waals surface area contributed by atoms with Crippen LogP contribution in [-0.2, 0) is 4.79 Å². The Morgan fingerprint density at radius 2 is 0.788 bits per heavy atom. The van der Waals surface area contributed by atoms with Gasteiger partial charge in [0.2, 0.25) is 5.91 Å². The third kappa shape index (κ3) is 40.1. The van der Waals surface area contributed by atoms with Crippen LogP contribution in [-0.4, -0.2) is 34.9 Å². The van der Waals surface area contributed by atoms with Crippen LogP contribution in [0.15, 0.2) is 24.3 Å². The van der Waals surface area contributed by atoms with Gasteiger partial charge in [0.25, 0.3) is 0 Å². The van der Waals surface area contributed by atoms with Crippen molar-refractivity contribution in [3.05, 3.63) is 24.3 Å². The summed E-state index contributed by atoms with van der Waals surface area (Å²) in [5.74, 6) is -0.0426. The molecule has 4 heteroatoms. The first kappa shape index (κ1) is 50.9. The minimum Gasteiger partial charge on any atom is -0.394 e. The standard InChI is InChI=1S/C48H93NO3/c1-3-5-7-9-11-13-15-17-19-21-22-23-24-25-26-27-28-29-31-33-35-37-39-41-43-47(51)46(45-50)49-48(52)44-42-40-38-36-34-32-30-20-18-16-14-12-10-8-6-4-2/h14,16,20,30,46-47,50-51H,3-13,15,17-19,21-29,31-45H2,1-2H3,(H,49,52)/b16-14-,30-20-. The van der Waals surface area contributed by atoms with E-state index in [0.717, 1.165) is 44.9 Å². The van der Waals surface area contributed by atoms with Crippen molar-refractivity contribution >= 4 is 5.91 Å². The molecule has 52 heavy (non-hydrogen) atoms. The van der Waals surface area contributed by atoms with Gasteiger partial charge in [-0.15, -0.1) is 0 Å². The van der Waals surface area contributed by atoms with Crippen molar-refractivity contribution in [1.82, 2.24) is 5.32 Å². The Morgan fingerprint density at radius 3 is 1.17 bits per heavy atom. The average Bonchev–Trinajstić information content (AvgIpc) is 3.15. The molecule has 0 aliphatic carbocycles. The first-order chi connectivity index (χ1) is 25.7. The summed E-state index contributed by atoms with van der Waals surface area (Å²) >= 11 is 0. The molecular formula is C48H93NO3. The summed E-state index contributed by atoms with van der Waals surface area (Å²) in [6.07, 6.45) is 57.0. The fourth-order valence-corrected chi connectivity index (χ4v) is 7.33. The fraction of sp³-hybridized carbons (Fsp3) is 0.896. The number of hydrogen-bond acceptors (Lipinski definition) is 3. The number of rotatable bonds is 43. The molecule has 2 atom stereocenters. The predicted molar refractivity (Wildman–Crippen MR) is 230 cm³/mol. The van der Waals surface area contributed by atoms with Gasteiger partial charge in [0, 0.05) is 6.42 Å². The molecule has 2 unspecified atom stereocenters. The zero-order valence-electron chi connectivity index (χ0n) is 35.3. The minimum absolute atomic E-state index is 0.0426. The lowest BCUT2D eigenvalue weighted by atomic mass is 10.0. The van der Waals surface area contributed by atoms with Gasteiger partial charge in [-0.2, -0.15) is 0 Å². The van der Waals surface area contributed by atoms with Gasteiger partial charge in [0.05, 0.1) is 18.8 Å². The van der Waals surface area contributed by atoms with Crippen molar-refractivity contribution in [2.24, 2.45) is 0 Å². The van der Waals surface area contributed by atoms with Crippen LogP contribution in [0.3, 0.4) is 0 Å². The van der Waals surface area contributed by atoms with Crippen molar-refractivity contribution < 1.29 is 15.0 Å². The Morgan fingerprint density at radius 1 is 0.462 bits per heavy atom. The molecule has 4 nitrogen and oxygen atoms in total. The largest absolute Gasteiger partial charge is 0.394 e. The molecule has 1 amide bonds. The topological polar surface area (TPSA) is 69.6 Å². The van der Waals surface area contributed by atoms with E-state index in [4.69, 9.17) is 0 Å². The number of carbonyl (C=O) groups excluding carboxylic acids is 1. The molecule has 0 fully saturated rings. The van der Waals surface area contributed by atoms with E-state index in [1.807, 2.05) is 0 Å². The molecule has 0 saturated carbocycles. The molecule has 308 valence electrons. The highest BCUT2D eigenvalue weighted by atomic mass is 16.3. The second-order valence-corrected chi connectivity index (χ2v) is 16.2. The Labute approximate surface area is 326 Å². The predicted octanol–water partition coefficient (Wildman–Crippen LogP) is 14.8. The molecule has 0 saturated heterocycles. The quantitative estimate of drug-likeness (QED) is 0.0432. The van der Waals surface area contributed by atoms with Crippen molar-refractivity contribution in [2.75, 3.05) is 6.61 Å². The summed E-state index contributed by atoms with van der Waals surface area (Å²) in [5.41, 5.74) is 0. The molecule has 0 aromatic carbocycles. The number of unbranched alkanes of at least 4 members (excludes halogenated alkanes) is 32. The molecule has 0 spiro atoms. The van der Waals surface area contributed by atoms with E-state index in [0.29, 0.717) is 12.8 Å². The van der Waals surface area contributed by atoms with Crippen molar-refractivity contribution in [1.29, 1.82) is 0 Å². The molecular weight excluding hydrogens is 639 g/mol. The smallest absolute Gasteiger partial charge is 0.220 e. The highest BCUT2D eigenvalue weighted by Crippen LogP contribution is 2.17. The SMILES string of the molecule is CCCCCC/C=C\C/C=C\CCCCCCCC(=O)NC(CO)C(O)CCCCCCCCCCCCCCCCCCCCCCCCCC. The summed E-state index contributed by atoms with van der Waals surface area (Å²) in [6, 6.07) is -0.542. The van der Waals surface area contributed by atoms with Gasteiger partial charge in [-0.1, -0.05) is 231 Å². The number of hydrogen-bond donors (Lipinski definition) is 3. The van der Waals surface area contributed by atoms with Crippen LogP contribution in [0.1, 0.15) is 258 Å². The molecule has 0 radical (unpaired) electrons. The van der Waals surface area contributed by atoms with Gasteiger partial charge in [0.15, 0.2) is 0 Å². The maximum Gasteiger partial charge on any atom is 0.220 e. The molecule has 0 aliphatic heterocycles. The van der Waals surface area contributed by atoms with Crippen LogP contribution in [0.5, 0.6) is 0 Å². The number of allylic oxidation sites excluding steroid dienone is 4. The van der Waals surface area contributed by atoms with Gasteiger partial charge >= 0.3 is 0 Å². The molecule has 3 N–H and O–H groups in total. The Bertz CT molecular complexity index is 750. The monoisotopic (exact) mass is 732 g/mol. The fourth-order valence-electron chi connectivity index (χ4n) is 7.33. The second-order valence-electron chi connectivity index (χ2n) is 16.2. The summed E-state index contributed by atoms with van der Waals surface area (Å²) in [7, 11) is 0. The zero-order valence-corrected chi connectivity index (χ0v) is 35.3. The second kappa shape index (κ2) is 44.3. The van der Waals surface area contributed by atoms with Crippen LogP contribution in [0.2, 0.25) is 0 Å². The summed E-state index contributed by atoms with van der Waals surface area (Å²) < 4.78 is 0. The number of aliphatic hydroxyl groups is 2. The van der Waals surface area contributed by atoms with E-state index < -0.39 is 12.1 Å². The Balaban J connectivity index is 3.48. The number of aliphatic hydroxyl groups excluding tert-OH is 2. The first-order valence-corrected chi connectivity index (χ1v) is 23.5. The lowest BCUT2D eigenvalue weighted by Gasteiger charge is -2.22. The summed E-state index contributed by atoms with van der Waals surface area (Å²) in [6.45, 7) is 4.35. The summed E-state index contributed by atoms with van der Waals surface area (Å²) in [4.78, 5) is 12.4. The maximum atomic E-state index is 12.4. The lowest BCUT2D eigenvalue weighted by molar-refractivity contribution is -0.123. The lowest BCUT2D eigenvalue weighted by Crippen LogP contribution is -2.45. The molecule has 0 aromatic heterocycles. The van der Waals surface area contributed by atoms with E-state index >= 15 is 0 Å². The van der Waals surface area contributed by atoms with E-state index in [9.17, 15) is 15.0 Å². The van der Waals surface area contributed by atoms with Crippen LogP contribution < -0.4 is 5.32 Å². The van der Waals surface area contributed by atoms with Gasteiger partial charge in [-0.05, 0) is 44.9 Å². The van der Waals surface area contributed by atoms with E-state index in [2.05, 4.69) is 43.5 Å². The van der Waals surface area contributed by atoms with Crippen molar-refractivity contribution in [3.63, 3.8) is 0 Å². The van der Waals surface area contributed by atoms with Gasteiger partial charge in [0.1, 0.15) is 0 Å². The summed E-state index contributed by atoms with van der Waals surface area (Å²) in [5, 5.41) is 23.2. The van der Waals surface area contributed by atoms with Crippen molar-refractivity contribution in [2.45, 2.75) is 270 Å². The van der Waals surface area contributed by atoms with E-state index in [1.165, 1.54) is 186 Å². The zero-order chi connectivity index (χ0) is 37.8. The van der Waals surface area contributed by atoms with E-state index in [1.54, 1.807) is 0 Å². The van der Waals surface area contributed by atoms with Crippen LogP contribution in [0.25, 0.3) is 0 Å². The number of amides is 1. The molecule has 0 heterocycles. The van der Waals surface area contributed by atoms with Gasteiger partial charge in [-0.3, -0.25) is 4.79 Å². The maximum absolute atomic E-state index is 12.4. The van der Waals surface area contributed by atoms with Crippen LogP contribution >= 0.6 is 0 Å². The molecule has 0 aromatic rings. The average molecular weight is 732 g/mol. The highest BCUT2D eigenvalue weighted by Gasteiger charge is 2.20. The van der Waals surface area contributed by atoms with Gasteiger partial charge < -0.3 is 15.5 Å². The normalized spacial score (nSPS) is 13.1. The number of nitrogens with one attached hydrogen (secondary N) is 1. The van der Waals surface area contributed by atoms with Crippen LogP contribution in [0.4, 0.5) is 0 Å². The minimum atomic E-state index is -0.664. The van der Waals surface area contributed by atoms with Crippen LogP contribution in [0, 0.1) is 0 Å². The third-order valence-electron chi connectivity index (χ3n) is 11.0. The first-order valence-electron chi connectivity index (χ1n) is 23.5. The Kier molecular flexibility index (Phi) is 43.3. The molecule has 0 bridgehead atoms. The molecule has 0 aliphatic rings. The Hall–Kier alpha value is -1.13. The van der Waals surface area contributed by atoms with Crippen molar-refractivity contribution in [3.8, 4) is 0 Å². The number of carbonyl (C=O) groups is 1. The molecule has 0 rings (SSSR count). The van der Waals surface area contributed by atoms with E-state index in [-0.39, 0.29) is 12.5 Å². The third-order valence-corrected chi connectivity index (χ3v) is 11.0.